The van der Waals surface area contributed by atoms with Crippen LogP contribution in [0.5, 0.6) is 0 Å². The summed E-state index contributed by atoms with van der Waals surface area (Å²) in [6.07, 6.45) is 0. The molecule has 0 nitrogen and oxygen atoms in total. The van der Waals surface area contributed by atoms with Crippen LogP contribution in [0.15, 0.2) is 152 Å². The molecule has 0 fully saturated rings. The maximum absolute atomic E-state index is 2.46. The summed E-state index contributed by atoms with van der Waals surface area (Å²) in [7, 11) is 0. The van der Waals surface area contributed by atoms with E-state index in [9.17, 15) is 0 Å². The van der Waals surface area contributed by atoms with Gasteiger partial charge < -0.3 is 0 Å². The summed E-state index contributed by atoms with van der Waals surface area (Å²) < 4.78 is 0. The Morgan fingerprint density at radius 1 is 0.326 bits per heavy atom. The normalized spacial score (nSPS) is 12.2. The molecule has 9 aromatic rings. The molecule has 9 rings (SSSR count). The highest BCUT2D eigenvalue weighted by Crippen LogP contribution is 2.46. The maximum atomic E-state index is 2.46. The van der Waals surface area contributed by atoms with E-state index < -0.39 is 0 Å². The molecule has 0 atom stereocenters. The van der Waals surface area contributed by atoms with Gasteiger partial charge in [0.2, 0.25) is 0 Å². The standard InChI is InChI=1S/C46H34/c1-46(2,3)45-41-21-11-10-20-39(41)44(38-22-12-14-29-13-4-5-15-32(29)38)40-26-24-31(28-43(40)45)30-23-25-37-35-18-7-6-16-33(35)34-17-8-9-19-36(34)42(37)27-30/h4-28H,1-3H3. The van der Waals surface area contributed by atoms with Gasteiger partial charge in [-0.15, -0.1) is 0 Å². The van der Waals surface area contributed by atoms with Crippen LogP contribution in [-0.2, 0) is 5.41 Å². The Bertz CT molecular complexity index is 2620. The highest BCUT2D eigenvalue weighted by atomic mass is 14.3. The van der Waals surface area contributed by atoms with E-state index >= 15 is 0 Å². The first kappa shape index (κ1) is 26.9. The van der Waals surface area contributed by atoms with E-state index in [4.69, 9.17) is 0 Å². The Hall–Kier alpha value is -5.46. The highest BCUT2D eigenvalue weighted by Gasteiger charge is 2.24. The molecular weight excluding hydrogens is 553 g/mol. The second kappa shape index (κ2) is 10.0. The van der Waals surface area contributed by atoms with Gasteiger partial charge in [-0.3, -0.25) is 0 Å². The van der Waals surface area contributed by atoms with Crippen molar-refractivity contribution in [2.24, 2.45) is 0 Å². The molecule has 0 unspecified atom stereocenters. The Morgan fingerprint density at radius 2 is 0.761 bits per heavy atom. The van der Waals surface area contributed by atoms with Crippen LogP contribution in [0.1, 0.15) is 26.3 Å². The minimum absolute atomic E-state index is 0.0493. The number of hydrogen-bond acceptors (Lipinski definition) is 0. The molecule has 46 heavy (non-hydrogen) atoms. The van der Waals surface area contributed by atoms with Crippen LogP contribution in [0, 0.1) is 0 Å². The van der Waals surface area contributed by atoms with E-state index in [2.05, 4.69) is 172 Å². The zero-order valence-corrected chi connectivity index (χ0v) is 26.4. The minimum atomic E-state index is -0.0493. The van der Waals surface area contributed by atoms with Gasteiger partial charge in [0.1, 0.15) is 0 Å². The molecule has 0 aliphatic heterocycles. The predicted molar refractivity (Wildman–Crippen MR) is 201 cm³/mol. The smallest absolute Gasteiger partial charge is 0.00204 e. The number of rotatable bonds is 2. The van der Waals surface area contributed by atoms with Crippen LogP contribution >= 0.6 is 0 Å². The van der Waals surface area contributed by atoms with E-state index in [0.717, 1.165) is 0 Å². The highest BCUT2D eigenvalue weighted by molar-refractivity contribution is 6.26. The SMILES string of the molecule is CC(C)(C)c1c2ccccc2c(-c2cccc3ccccc23)c2ccc(-c3ccc4c5ccccc5c5ccccc5c4c3)cc12. The number of fused-ring (bicyclic) bond motifs is 9. The van der Waals surface area contributed by atoms with Crippen molar-refractivity contribution in [3.05, 3.63) is 157 Å². The molecule has 0 bridgehead atoms. The van der Waals surface area contributed by atoms with E-state index in [1.165, 1.54) is 92.5 Å². The first-order valence-corrected chi connectivity index (χ1v) is 16.3. The first-order chi connectivity index (χ1) is 22.5. The average Bonchev–Trinajstić information content (AvgIpc) is 3.09. The molecule has 0 spiro atoms. The molecule has 0 heterocycles. The van der Waals surface area contributed by atoms with Crippen LogP contribution in [0.4, 0.5) is 0 Å². The molecule has 0 aromatic heterocycles. The minimum Gasteiger partial charge on any atom is -0.0616 e. The van der Waals surface area contributed by atoms with Gasteiger partial charge in [-0.25, -0.2) is 0 Å². The summed E-state index contributed by atoms with van der Waals surface area (Å²) >= 11 is 0. The zero-order chi connectivity index (χ0) is 31.0. The fourth-order valence-corrected chi connectivity index (χ4v) is 7.99. The van der Waals surface area contributed by atoms with Crippen molar-refractivity contribution in [1.29, 1.82) is 0 Å². The summed E-state index contributed by atoms with van der Waals surface area (Å²) in [5.74, 6) is 0. The second-order valence-electron chi connectivity index (χ2n) is 13.7. The Balaban J connectivity index is 1.38. The van der Waals surface area contributed by atoms with Gasteiger partial charge in [0.25, 0.3) is 0 Å². The molecule has 0 aliphatic rings. The fraction of sp³-hybridized carbons (Fsp3) is 0.0870. The molecule has 9 aromatic carbocycles. The van der Waals surface area contributed by atoms with Crippen LogP contribution < -0.4 is 0 Å². The van der Waals surface area contributed by atoms with Crippen molar-refractivity contribution < 1.29 is 0 Å². The third-order valence-corrected chi connectivity index (χ3v) is 9.91. The summed E-state index contributed by atoms with van der Waals surface area (Å²) in [6.45, 7) is 7.06. The van der Waals surface area contributed by atoms with E-state index in [-0.39, 0.29) is 5.41 Å². The Kier molecular flexibility index (Phi) is 5.86. The topological polar surface area (TPSA) is 0 Å². The van der Waals surface area contributed by atoms with E-state index in [0.29, 0.717) is 0 Å². The molecule has 0 radical (unpaired) electrons. The average molecular weight is 587 g/mol. The lowest BCUT2D eigenvalue weighted by Crippen LogP contribution is -2.13. The van der Waals surface area contributed by atoms with Crippen LogP contribution in [0.25, 0.3) is 86.9 Å². The first-order valence-electron chi connectivity index (χ1n) is 16.3. The van der Waals surface area contributed by atoms with Crippen LogP contribution in [0.2, 0.25) is 0 Å². The summed E-state index contributed by atoms with van der Waals surface area (Å²) in [5.41, 5.74) is 6.45. The third-order valence-electron chi connectivity index (χ3n) is 9.91. The van der Waals surface area contributed by atoms with Gasteiger partial charge in [-0.1, -0.05) is 160 Å². The van der Waals surface area contributed by atoms with Gasteiger partial charge in [-0.05, 0) is 110 Å². The molecule has 218 valence electrons. The molecule has 0 N–H and O–H groups in total. The maximum Gasteiger partial charge on any atom is -0.00204 e. The van der Waals surface area contributed by atoms with Crippen molar-refractivity contribution in [3.8, 4) is 22.3 Å². The lowest BCUT2D eigenvalue weighted by molar-refractivity contribution is 0.601. The number of benzene rings is 9. The van der Waals surface area contributed by atoms with Gasteiger partial charge in [0.05, 0.1) is 0 Å². The second-order valence-corrected chi connectivity index (χ2v) is 13.7. The molecule has 0 amide bonds. The van der Waals surface area contributed by atoms with Crippen LogP contribution in [0.3, 0.4) is 0 Å². The molecular formula is C46H34. The summed E-state index contributed by atoms with van der Waals surface area (Å²) in [6, 6.07) is 56.4. The van der Waals surface area contributed by atoms with E-state index in [1.54, 1.807) is 0 Å². The van der Waals surface area contributed by atoms with Crippen molar-refractivity contribution in [3.63, 3.8) is 0 Å². The Morgan fingerprint density at radius 3 is 1.39 bits per heavy atom. The van der Waals surface area contributed by atoms with Crippen molar-refractivity contribution in [2.75, 3.05) is 0 Å². The Labute approximate surface area is 269 Å². The lowest BCUT2D eigenvalue weighted by Gasteiger charge is -2.27. The summed E-state index contributed by atoms with van der Waals surface area (Å²) in [4.78, 5) is 0. The summed E-state index contributed by atoms with van der Waals surface area (Å²) in [5, 5.41) is 15.7. The molecule has 0 saturated carbocycles. The monoisotopic (exact) mass is 586 g/mol. The van der Waals surface area contributed by atoms with Crippen molar-refractivity contribution in [1.82, 2.24) is 0 Å². The van der Waals surface area contributed by atoms with Gasteiger partial charge in [0, 0.05) is 0 Å². The van der Waals surface area contributed by atoms with Gasteiger partial charge in [0.15, 0.2) is 0 Å². The van der Waals surface area contributed by atoms with E-state index in [1.807, 2.05) is 0 Å². The van der Waals surface area contributed by atoms with Gasteiger partial charge >= 0.3 is 0 Å². The largest absolute Gasteiger partial charge is 0.0616 e. The molecule has 0 saturated heterocycles. The third kappa shape index (κ3) is 4.00. The van der Waals surface area contributed by atoms with Crippen LogP contribution in [-0.4, -0.2) is 0 Å². The predicted octanol–water partition coefficient (Wildman–Crippen LogP) is 13.2. The quantitative estimate of drug-likeness (QED) is 0.140. The fourth-order valence-electron chi connectivity index (χ4n) is 7.99. The molecule has 0 aliphatic carbocycles. The van der Waals surface area contributed by atoms with Crippen molar-refractivity contribution in [2.45, 2.75) is 26.2 Å². The number of hydrogen-bond donors (Lipinski definition) is 0. The van der Waals surface area contributed by atoms with Crippen molar-refractivity contribution >= 4 is 64.6 Å². The van der Waals surface area contributed by atoms with Gasteiger partial charge in [-0.2, -0.15) is 0 Å². The lowest BCUT2D eigenvalue weighted by atomic mass is 9.77. The zero-order valence-electron chi connectivity index (χ0n) is 26.4. The molecule has 0 heteroatoms.